The van der Waals surface area contributed by atoms with Gasteiger partial charge in [0.05, 0.1) is 7.11 Å². The minimum Gasteiger partial charge on any atom is -0.508 e. The Bertz CT molecular complexity index is 719. The molecule has 0 aliphatic heterocycles. The van der Waals surface area contributed by atoms with Crippen molar-refractivity contribution in [2.24, 2.45) is 4.99 Å². The lowest BCUT2D eigenvalue weighted by atomic mass is 10.1. The zero-order valence-corrected chi connectivity index (χ0v) is 18.9. The maximum Gasteiger partial charge on any atom is 0.191 e. The molecule has 2 rings (SSSR count). The first-order valence-corrected chi connectivity index (χ1v) is 9.22. The SMILES string of the molecule is CN=C(NCCc1ccc(OC)cc1O)NC(C)Cc1ccc(C)s1.I. The standard InChI is InChI=1S/C19H27N3O2S.HI/c1-13(11-17-8-5-14(2)25-17)22-19(20-3)21-10-9-15-6-7-16(24-4)12-18(15)23;/h5-8,12-13,23H,9-11H2,1-4H3,(H2,20,21,22);1H. The largest absolute Gasteiger partial charge is 0.508 e. The first-order chi connectivity index (χ1) is 12.0. The van der Waals surface area contributed by atoms with Gasteiger partial charge < -0.3 is 20.5 Å². The molecule has 5 nitrogen and oxygen atoms in total. The third-order valence-electron chi connectivity index (χ3n) is 3.89. The fraction of sp³-hybridized carbons (Fsp3) is 0.421. The van der Waals surface area contributed by atoms with E-state index >= 15 is 0 Å². The molecule has 7 heteroatoms. The highest BCUT2D eigenvalue weighted by Gasteiger charge is 2.08. The Balaban J connectivity index is 0.00000338. The number of hydrogen-bond donors (Lipinski definition) is 3. The molecule has 0 spiro atoms. The van der Waals surface area contributed by atoms with Gasteiger partial charge in [-0.3, -0.25) is 4.99 Å². The van der Waals surface area contributed by atoms with Crippen LogP contribution in [-0.4, -0.2) is 37.8 Å². The van der Waals surface area contributed by atoms with E-state index in [4.69, 9.17) is 4.74 Å². The molecule has 1 aromatic heterocycles. The number of benzene rings is 1. The number of nitrogens with one attached hydrogen (secondary N) is 2. The van der Waals surface area contributed by atoms with Crippen LogP contribution in [0.5, 0.6) is 11.5 Å². The molecule has 0 radical (unpaired) electrons. The normalized spacial score (nSPS) is 12.2. The van der Waals surface area contributed by atoms with Crippen LogP contribution in [0, 0.1) is 6.92 Å². The van der Waals surface area contributed by atoms with Crippen LogP contribution in [-0.2, 0) is 12.8 Å². The maximum atomic E-state index is 10.0. The molecule has 26 heavy (non-hydrogen) atoms. The predicted octanol–water partition coefficient (Wildman–Crippen LogP) is 3.73. The molecule has 0 fully saturated rings. The number of nitrogens with zero attached hydrogens (tertiary/aromatic N) is 1. The number of methoxy groups -OCH3 is 1. The number of rotatable bonds is 7. The van der Waals surface area contributed by atoms with E-state index in [0.29, 0.717) is 24.8 Å². The molecule has 1 aromatic carbocycles. The van der Waals surface area contributed by atoms with Crippen molar-refractivity contribution in [3.63, 3.8) is 0 Å². The Morgan fingerprint density at radius 2 is 2.08 bits per heavy atom. The zero-order chi connectivity index (χ0) is 18.2. The lowest BCUT2D eigenvalue weighted by Gasteiger charge is -2.17. The highest BCUT2D eigenvalue weighted by atomic mass is 127. The summed E-state index contributed by atoms with van der Waals surface area (Å²) in [6, 6.07) is 10.00. The number of halogens is 1. The number of aromatic hydroxyl groups is 1. The minimum absolute atomic E-state index is 0. The van der Waals surface area contributed by atoms with Gasteiger partial charge in [0.25, 0.3) is 0 Å². The molecule has 0 aliphatic carbocycles. The predicted molar refractivity (Wildman–Crippen MR) is 120 cm³/mol. The summed E-state index contributed by atoms with van der Waals surface area (Å²) in [4.78, 5) is 6.98. The molecule has 2 aromatic rings. The van der Waals surface area contributed by atoms with Gasteiger partial charge in [-0.1, -0.05) is 6.07 Å². The van der Waals surface area contributed by atoms with Crippen molar-refractivity contribution >= 4 is 41.3 Å². The summed E-state index contributed by atoms with van der Waals surface area (Å²) in [5.74, 6) is 1.68. The molecule has 3 N–H and O–H groups in total. The third kappa shape index (κ3) is 7.03. The van der Waals surface area contributed by atoms with Gasteiger partial charge in [-0.15, -0.1) is 35.3 Å². The fourth-order valence-corrected chi connectivity index (χ4v) is 3.59. The van der Waals surface area contributed by atoms with E-state index in [9.17, 15) is 5.11 Å². The summed E-state index contributed by atoms with van der Waals surface area (Å²) in [6.45, 7) is 4.96. The highest BCUT2D eigenvalue weighted by Crippen LogP contribution is 2.23. The summed E-state index contributed by atoms with van der Waals surface area (Å²) in [5, 5.41) is 16.7. The van der Waals surface area contributed by atoms with E-state index in [0.717, 1.165) is 17.9 Å². The molecule has 1 unspecified atom stereocenters. The molecule has 1 atom stereocenters. The summed E-state index contributed by atoms with van der Waals surface area (Å²) in [6.07, 6.45) is 1.67. The van der Waals surface area contributed by atoms with Gasteiger partial charge in [-0.05, 0) is 44.0 Å². The Kier molecular flexibility index (Phi) is 9.79. The Hall–Kier alpha value is -1.48. The second-order valence-electron chi connectivity index (χ2n) is 6.01. The second kappa shape index (κ2) is 11.3. The Morgan fingerprint density at radius 1 is 1.31 bits per heavy atom. The Morgan fingerprint density at radius 3 is 2.65 bits per heavy atom. The van der Waals surface area contributed by atoms with E-state index in [2.05, 4.69) is 41.6 Å². The molecular formula is C19H28IN3O2S. The maximum absolute atomic E-state index is 10.0. The fourth-order valence-electron chi connectivity index (χ4n) is 2.57. The molecule has 1 heterocycles. The van der Waals surface area contributed by atoms with Crippen LogP contribution in [0.3, 0.4) is 0 Å². The first kappa shape index (κ1) is 22.6. The van der Waals surface area contributed by atoms with Crippen LogP contribution in [0.25, 0.3) is 0 Å². The summed E-state index contributed by atoms with van der Waals surface area (Å²) >= 11 is 1.83. The molecule has 0 amide bonds. The smallest absolute Gasteiger partial charge is 0.191 e. The van der Waals surface area contributed by atoms with Crippen molar-refractivity contribution in [3.05, 3.63) is 45.6 Å². The van der Waals surface area contributed by atoms with Crippen molar-refractivity contribution in [3.8, 4) is 11.5 Å². The van der Waals surface area contributed by atoms with Gasteiger partial charge >= 0.3 is 0 Å². The van der Waals surface area contributed by atoms with Gasteiger partial charge in [-0.2, -0.15) is 0 Å². The van der Waals surface area contributed by atoms with E-state index in [1.165, 1.54) is 9.75 Å². The second-order valence-corrected chi connectivity index (χ2v) is 7.38. The summed E-state index contributed by atoms with van der Waals surface area (Å²) in [5.41, 5.74) is 0.880. The van der Waals surface area contributed by atoms with Gasteiger partial charge in [0.1, 0.15) is 11.5 Å². The average molecular weight is 489 g/mol. The van der Waals surface area contributed by atoms with Gasteiger partial charge in [0.2, 0.25) is 0 Å². The number of ether oxygens (including phenoxy) is 1. The van der Waals surface area contributed by atoms with Crippen LogP contribution in [0.15, 0.2) is 35.3 Å². The van der Waals surface area contributed by atoms with Crippen molar-refractivity contribution in [1.82, 2.24) is 10.6 Å². The van der Waals surface area contributed by atoms with E-state index < -0.39 is 0 Å². The lowest BCUT2D eigenvalue weighted by Crippen LogP contribution is -2.43. The lowest BCUT2D eigenvalue weighted by molar-refractivity contribution is 0.406. The van der Waals surface area contributed by atoms with Gasteiger partial charge in [0.15, 0.2) is 5.96 Å². The van der Waals surface area contributed by atoms with Crippen LogP contribution in [0.2, 0.25) is 0 Å². The number of thiophene rings is 1. The monoisotopic (exact) mass is 489 g/mol. The van der Waals surface area contributed by atoms with Gasteiger partial charge in [0, 0.05) is 41.9 Å². The van der Waals surface area contributed by atoms with Gasteiger partial charge in [-0.25, -0.2) is 0 Å². The van der Waals surface area contributed by atoms with Crippen molar-refractivity contribution in [2.75, 3.05) is 20.7 Å². The molecule has 0 saturated heterocycles. The van der Waals surface area contributed by atoms with Crippen LogP contribution >= 0.6 is 35.3 Å². The number of phenolic OH excluding ortho intramolecular Hbond substituents is 1. The number of hydrogen-bond acceptors (Lipinski definition) is 4. The molecule has 0 saturated carbocycles. The van der Waals surface area contributed by atoms with E-state index in [1.807, 2.05) is 23.5 Å². The van der Waals surface area contributed by atoms with Crippen LogP contribution in [0.4, 0.5) is 0 Å². The summed E-state index contributed by atoms with van der Waals surface area (Å²) < 4.78 is 5.10. The number of aliphatic imine (C=N–C) groups is 1. The summed E-state index contributed by atoms with van der Waals surface area (Å²) in [7, 11) is 3.35. The molecule has 144 valence electrons. The first-order valence-electron chi connectivity index (χ1n) is 8.40. The van der Waals surface area contributed by atoms with Crippen molar-refractivity contribution in [1.29, 1.82) is 0 Å². The van der Waals surface area contributed by atoms with Crippen LogP contribution < -0.4 is 15.4 Å². The van der Waals surface area contributed by atoms with E-state index in [-0.39, 0.29) is 29.7 Å². The Labute approximate surface area is 176 Å². The number of aryl methyl sites for hydroxylation is 1. The molecule has 0 bridgehead atoms. The molecule has 0 aliphatic rings. The third-order valence-corrected chi connectivity index (χ3v) is 4.91. The quantitative estimate of drug-likeness (QED) is 0.315. The topological polar surface area (TPSA) is 65.9 Å². The zero-order valence-electron chi connectivity index (χ0n) is 15.7. The molecular weight excluding hydrogens is 461 g/mol. The van der Waals surface area contributed by atoms with Crippen LogP contribution in [0.1, 0.15) is 22.2 Å². The van der Waals surface area contributed by atoms with Crippen molar-refractivity contribution < 1.29 is 9.84 Å². The van der Waals surface area contributed by atoms with Crippen molar-refractivity contribution in [2.45, 2.75) is 32.7 Å². The average Bonchev–Trinajstić information content (AvgIpc) is 2.99. The van der Waals surface area contributed by atoms with E-state index in [1.54, 1.807) is 20.2 Å². The highest BCUT2D eigenvalue weighted by molar-refractivity contribution is 14.0. The number of phenols is 1. The minimum atomic E-state index is 0. The number of guanidine groups is 1.